The second kappa shape index (κ2) is 7.85. The molecule has 0 bridgehead atoms. The van der Waals surface area contributed by atoms with Gasteiger partial charge >= 0.3 is 0 Å². The molecule has 0 unspecified atom stereocenters. The number of aromatic nitrogens is 1. The number of aromatic amines is 1. The Morgan fingerprint density at radius 2 is 1.70 bits per heavy atom. The minimum Gasteiger partial charge on any atom is -0.361 e. The zero-order valence-corrected chi connectivity index (χ0v) is 19.7. The number of rotatable bonds is 4. The first-order valence-electron chi connectivity index (χ1n) is 12.3. The number of para-hydroxylation sites is 1. The fraction of sp³-hybridized carbons (Fsp3) is 0.207. The molecule has 3 N–H and O–H groups in total. The molecule has 4 aromatic rings. The van der Waals surface area contributed by atoms with Gasteiger partial charge in [0, 0.05) is 34.4 Å². The number of nitrogens with zero attached hydrogens (tertiary/aromatic N) is 1. The molecular formula is C29H23FN4O3. The molecule has 184 valence electrons. The summed E-state index contributed by atoms with van der Waals surface area (Å²) in [7, 11) is 0. The first kappa shape index (κ1) is 21.9. The highest BCUT2D eigenvalue weighted by atomic mass is 19.1. The summed E-state index contributed by atoms with van der Waals surface area (Å²) in [6.07, 6.45) is 2.32. The molecule has 0 radical (unpaired) electrons. The fourth-order valence-corrected chi connectivity index (χ4v) is 6.47. The second-order valence-electron chi connectivity index (χ2n) is 10.0. The van der Waals surface area contributed by atoms with Gasteiger partial charge in [-0.05, 0) is 41.8 Å². The van der Waals surface area contributed by atoms with E-state index in [0.717, 1.165) is 22.0 Å². The van der Waals surface area contributed by atoms with Gasteiger partial charge in [-0.3, -0.25) is 24.6 Å². The minimum atomic E-state index is -1.53. The Balaban J connectivity index is 1.35. The molecule has 4 heterocycles. The molecule has 3 aromatic carbocycles. The molecule has 8 heteroatoms. The lowest BCUT2D eigenvalue weighted by Gasteiger charge is -2.29. The van der Waals surface area contributed by atoms with Crippen molar-refractivity contribution in [3.63, 3.8) is 0 Å². The highest BCUT2D eigenvalue weighted by Crippen LogP contribution is 2.53. The SMILES string of the molecule is O=C1[C@H]2[C@@H](C(=O)N1Cc1ccccc1)[C@@]1(N[C@@H]2Cc2c[nH]c3ccccc23)C(=O)Nc2ccc(F)cc21. The molecule has 4 atom stereocenters. The number of amides is 3. The number of hydrogen-bond acceptors (Lipinski definition) is 4. The molecule has 0 aliphatic carbocycles. The van der Waals surface area contributed by atoms with E-state index < -0.39 is 41.0 Å². The highest BCUT2D eigenvalue weighted by molar-refractivity contribution is 6.15. The van der Waals surface area contributed by atoms with Gasteiger partial charge in [0.05, 0.1) is 18.4 Å². The predicted octanol–water partition coefficient (Wildman–Crippen LogP) is 3.47. The van der Waals surface area contributed by atoms with Crippen LogP contribution in [-0.4, -0.2) is 33.6 Å². The first-order valence-corrected chi connectivity index (χ1v) is 12.3. The van der Waals surface area contributed by atoms with Gasteiger partial charge in [0.2, 0.25) is 17.7 Å². The van der Waals surface area contributed by atoms with Gasteiger partial charge in [0.25, 0.3) is 0 Å². The molecule has 3 aliphatic rings. The molecule has 2 saturated heterocycles. The Bertz CT molecular complexity index is 1600. The van der Waals surface area contributed by atoms with E-state index in [1.54, 1.807) is 0 Å². The topological polar surface area (TPSA) is 94.3 Å². The van der Waals surface area contributed by atoms with Crippen molar-refractivity contribution in [1.29, 1.82) is 0 Å². The van der Waals surface area contributed by atoms with Crippen LogP contribution in [0.2, 0.25) is 0 Å². The molecule has 2 fully saturated rings. The molecule has 1 spiro atoms. The van der Waals surface area contributed by atoms with Crippen LogP contribution in [0.3, 0.4) is 0 Å². The number of halogens is 1. The Hall–Kier alpha value is -4.30. The lowest BCUT2D eigenvalue weighted by Crippen LogP contribution is -2.53. The molecule has 0 saturated carbocycles. The number of carbonyl (C=O) groups excluding carboxylic acids is 3. The molecule has 3 aliphatic heterocycles. The summed E-state index contributed by atoms with van der Waals surface area (Å²) in [5.74, 6) is -3.43. The van der Waals surface area contributed by atoms with E-state index in [4.69, 9.17) is 0 Å². The summed E-state index contributed by atoms with van der Waals surface area (Å²) in [5, 5.41) is 7.23. The van der Waals surface area contributed by atoms with E-state index in [0.29, 0.717) is 17.7 Å². The molecule has 7 nitrogen and oxygen atoms in total. The largest absolute Gasteiger partial charge is 0.361 e. The number of fused-ring (bicyclic) bond motifs is 5. The Morgan fingerprint density at radius 1 is 0.919 bits per heavy atom. The molecule has 1 aromatic heterocycles. The van der Waals surface area contributed by atoms with E-state index in [9.17, 15) is 18.8 Å². The van der Waals surface area contributed by atoms with Crippen LogP contribution in [0, 0.1) is 17.7 Å². The Labute approximate surface area is 211 Å². The van der Waals surface area contributed by atoms with E-state index in [-0.39, 0.29) is 12.5 Å². The van der Waals surface area contributed by atoms with Crippen molar-refractivity contribution in [2.45, 2.75) is 24.5 Å². The predicted molar refractivity (Wildman–Crippen MR) is 135 cm³/mol. The second-order valence-corrected chi connectivity index (χ2v) is 10.0. The fourth-order valence-electron chi connectivity index (χ4n) is 6.47. The van der Waals surface area contributed by atoms with Gasteiger partial charge in [-0.25, -0.2) is 4.39 Å². The molecule has 3 amide bonds. The lowest BCUT2D eigenvalue weighted by atomic mass is 9.76. The third kappa shape index (κ3) is 3.05. The summed E-state index contributed by atoms with van der Waals surface area (Å²) in [4.78, 5) is 46.0. The van der Waals surface area contributed by atoms with Crippen molar-refractivity contribution >= 4 is 34.3 Å². The van der Waals surface area contributed by atoms with Crippen molar-refractivity contribution in [2.75, 3.05) is 5.32 Å². The number of carbonyl (C=O) groups is 3. The van der Waals surface area contributed by atoms with E-state index in [2.05, 4.69) is 15.6 Å². The Morgan fingerprint density at radius 3 is 2.54 bits per heavy atom. The van der Waals surface area contributed by atoms with Gasteiger partial charge in [-0.15, -0.1) is 0 Å². The maximum Gasteiger partial charge on any atom is 0.250 e. The summed E-state index contributed by atoms with van der Waals surface area (Å²) in [6.45, 7) is 0.124. The highest BCUT2D eigenvalue weighted by Gasteiger charge is 2.70. The molecule has 7 rings (SSSR count). The maximum absolute atomic E-state index is 14.5. The van der Waals surface area contributed by atoms with Crippen molar-refractivity contribution in [1.82, 2.24) is 15.2 Å². The average molecular weight is 495 g/mol. The average Bonchev–Trinajstić information content (AvgIpc) is 3.61. The van der Waals surface area contributed by atoms with Crippen LogP contribution >= 0.6 is 0 Å². The van der Waals surface area contributed by atoms with Gasteiger partial charge < -0.3 is 10.3 Å². The van der Waals surface area contributed by atoms with Crippen molar-refractivity contribution < 1.29 is 18.8 Å². The smallest absolute Gasteiger partial charge is 0.250 e. The van der Waals surface area contributed by atoms with Crippen LogP contribution in [0.15, 0.2) is 79.0 Å². The van der Waals surface area contributed by atoms with Crippen LogP contribution in [0.25, 0.3) is 10.9 Å². The lowest BCUT2D eigenvalue weighted by molar-refractivity contribution is -0.143. The molecular weight excluding hydrogens is 471 g/mol. The third-order valence-electron chi connectivity index (χ3n) is 8.07. The standard InChI is InChI=1S/C29H23FN4O3/c30-18-10-11-22-20(13-18)29(28(37)32-22)25-24(26(35)34(27(25)36)15-16-6-2-1-3-7-16)23(33-29)12-17-14-31-21-9-5-4-8-19(17)21/h1-11,13-14,23-25,31,33H,12,15H2,(H,32,37)/t23-,24-,25+,29-/m1/s1. The number of H-pyrrole nitrogens is 1. The van der Waals surface area contributed by atoms with Gasteiger partial charge in [0.1, 0.15) is 11.4 Å². The molecule has 37 heavy (non-hydrogen) atoms. The van der Waals surface area contributed by atoms with Crippen molar-refractivity contribution in [2.24, 2.45) is 11.8 Å². The zero-order valence-electron chi connectivity index (χ0n) is 19.7. The number of benzene rings is 3. The van der Waals surface area contributed by atoms with Crippen LogP contribution in [-0.2, 0) is 32.9 Å². The number of imide groups is 1. The van der Waals surface area contributed by atoms with Crippen LogP contribution < -0.4 is 10.6 Å². The number of anilines is 1. The van der Waals surface area contributed by atoms with Gasteiger partial charge in [-0.2, -0.15) is 0 Å². The Kier molecular flexibility index (Phi) is 4.65. The maximum atomic E-state index is 14.5. The van der Waals surface area contributed by atoms with Crippen LogP contribution in [0.4, 0.5) is 10.1 Å². The van der Waals surface area contributed by atoms with Crippen LogP contribution in [0.5, 0.6) is 0 Å². The number of likely N-dealkylation sites (tertiary alicyclic amines) is 1. The summed E-state index contributed by atoms with van der Waals surface area (Å²) < 4.78 is 14.5. The zero-order chi connectivity index (χ0) is 25.3. The van der Waals surface area contributed by atoms with Gasteiger partial charge in [0.15, 0.2) is 0 Å². The summed E-state index contributed by atoms with van der Waals surface area (Å²) in [6, 6.07) is 20.7. The number of nitrogens with one attached hydrogen (secondary N) is 3. The van der Waals surface area contributed by atoms with E-state index in [1.807, 2.05) is 60.8 Å². The van der Waals surface area contributed by atoms with E-state index >= 15 is 0 Å². The summed E-state index contributed by atoms with van der Waals surface area (Å²) >= 11 is 0. The normalized spacial score (nSPS) is 26.2. The van der Waals surface area contributed by atoms with Crippen molar-refractivity contribution in [3.8, 4) is 0 Å². The monoisotopic (exact) mass is 494 g/mol. The third-order valence-corrected chi connectivity index (χ3v) is 8.07. The quantitative estimate of drug-likeness (QED) is 0.379. The summed E-state index contributed by atoms with van der Waals surface area (Å²) in [5.41, 5.74) is 2.05. The van der Waals surface area contributed by atoms with E-state index in [1.165, 1.54) is 23.1 Å². The number of hydrogen-bond donors (Lipinski definition) is 3. The van der Waals surface area contributed by atoms with Gasteiger partial charge in [-0.1, -0.05) is 48.5 Å². The van der Waals surface area contributed by atoms with Crippen molar-refractivity contribution in [3.05, 3.63) is 102 Å². The van der Waals surface area contributed by atoms with Crippen LogP contribution in [0.1, 0.15) is 16.7 Å². The minimum absolute atomic E-state index is 0.124. The first-order chi connectivity index (χ1) is 18.0.